The van der Waals surface area contributed by atoms with E-state index in [0.717, 1.165) is 37.8 Å². The molecule has 1 saturated heterocycles. The van der Waals surface area contributed by atoms with Crippen molar-refractivity contribution in [2.75, 3.05) is 25.4 Å². The van der Waals surface area contributed by atoms with Crippen LogP contribution in [0.25, 0.3) is 0 Å². The molecule has 2 heterocycles. The van der Waals surface area contributed by atoms with Crippen LogP contribution in [0.1, 0.15) is 24.4 Å². The molecule has 0 amide bonds. The normalized spacial score (nSPS) is 18.6. The number of nitrogens with one attached hydrogen (secondary N) is 1. The molecular formula is C17H25ClN4S. The number of hydrogen-bond donors (Lipinski definition) is 1. The predicted octanol–water partition coefficient (Wildman–Crippen LogP) is 3.10. The lowest BCUT2D eigenvalue weighted by molar-refractivity contribution is 0.144. The fourth-order valence-corrected chi connectivity index (χ4v) is 3.77. The molecule has 3 rings (SSSR count). The Kier molecular flexibility index (Phi) is 6.96. The number of piperazine rings is 1. The van der Waals surface area contributed by atoms with Gasteiger partial charge in [0.15, 0.2) is 0 Å². The molecule has 1 N–H and O–H groups in total. The van der Waals surface area contributed by atoms with Crippen LogP contribution >= 0.6 is 24.2 Å². The Morgan fingerprint density at radius 2 is 2.26 bits per heavy atom. The van der Waals surface area contributed by atoms with Gasteiger partial charge in [-0.05, 0) is 23.4 Å². The van der Waals surface area contributed by atoms with Crippen LogP contribution < -0.4 is 5.32 Å². The Morgan fingerprint density at radius 1 is 1.39 bits per heavy atom. The number of rotatable bonds is 5. The van der Waals surface area contributed by atoms with Gasteiger partial charge in [-0.2, -0.15) is 0 Å². The molecule has 1 aromatic carbocycles. The van der Waals surface area contributed by atoms with E-state index in [1.165, 1.54) is 10.5 Å². The molecule has 1 aromatic heterocycles. The molecule has 0 aliphatic carbocycles. The molecule has 0 bridgehead atoms. The fourth-order valence-electron chi connectivity index (χ4n) is 3.02. The highest BCUT2D eigenvalue weighted by atomic mass is 35.5. The first-order valence-corrected chi connectivity index (χ1v) is 8.90. The zero-order chi connectivity index (χ0) is 15.4. The molecular weight excluding hydrogens is 328 g/mol. The second kappa shape index (κ2) is 8.73. The van der Waals surface area contributed by atoms with Gasteiger partial charge in [0.1, 0.15) is 5.82 Å². The predicted molar refractivity (Wildman–Crippen MR) is 99.3 cm³/mol. The first-order chi connectivity index (χ1) is 10.8. The molecule has 1 aliphatic rings. The Hall–Kier alpha value is -1.01. The van der Waals surface area contributed by atoms with Gasteiger partial charge in [-0.15, -0.1) is 24.2 Å². The van der Waals surface area contributed by atoms with E-state index in [9.17, 15) is 0 Å². The second-order valence-corrected chi connectivity index (χ2v) is 7.00. The van der Waals surface area contributed by atoms with Gasteiger partial charge in [-0.3, -0.25) is 4.90 Å². The van der Waals surface area contributed by atoms with Crippen LogP contribution in [0.3, 0.4) is 0 Å². The van der Waals surface area contributed by atoms with Crippen molar-refractivity contribution in [1.82, 2.24) is 19.8 Å². The quantitative estimate of drug-likeness (QED) is 0.838. The van der Waals surface area contributed by atoms with E-state index < -0.39 is 0 Å². The third kappa shape index (κ3) is 4.51. The lowest BCUT2D eigenvalue weighted by Gasteiger charge is -2.35. The molecule has 1 atom stereocenters. The minimum Gasteiger partial charge on any atom is -0.337 e. The van der Waals surface area contributed by atoms with E-state index in [2.05, 4.69) is 58.0 Å². The molecule has 1 fully saturated rings. The van der Waals surface area contributed by atoms with E-state index in [1.807, 2.05) is 24.2 Å². The number of hydrogen-bond acceptors (Lipinski definition) is 4. The SMILES string of the molecule is CCSc1cccc(CN2CCNCC2c2nccn2C)c1.Cl. The minimum absolute atomic E-state index is 0. The van der Waals surface area contributed by atoms with E-state index in [4.69, 9.17) is 0 Å². The van der Waals surface area contributed by atoms with Crippen molar-refractivity contribution in [2.24, 2.45) is 7.05 Å². The molecule has 0 spiro atoms. The monoisotopic (exact) mass is 352 g/mol. The van der Waals surface area contributed by atoms with Crippen molar-refractivity contribution >= 4 is 24.2 Å². The van der Waals surface area contributed by atoms with Gasteiger partial charge in [0.05, 0.1) is 6.04 Å². The Balaban J connectivity index is 0.00000192. The van der Waals surface area contributed by atoms with E-state index >= 15 is 0 Å². The van der Waals surface area contributed by atoms with Gasteiger partial charge < -0.3 is 9.88 Å². The number of nitrogens with zero attached hydrogens (tertiary/aromatic N) is 3. The van der Waals surface area contributed by atoms with E-state index in [0.29, 0.717) is 6.04 Å². The van der Waals surface area contributed by atoms with Gasteiger partial charge >= 0.3 is 0 Å². The van der Waals surface area contributed by atoms with Crippen molar-refractivity contribution in [3.8, 4) is 0 Å². The number of benzene rings is 1. The number of imidazole rings is 1. The largest absolute Gasteiger partial charge is 0.337 e. The smallest absolute Gasteiger partial charge is 0.127 e. The Bertz CT molecular complexity index is 616. The van der Waals surface area contributed by atoms with Gasteiger partial charge in [0.25, 0.3) is 0 Å². The lowest BCUT2D eigenvalue weighted by atomic mass is 10.1. The summed E-state index contributed by atoms with van der Waals surface area (Å²) >= 11 is 1.91. The molecule has 23 heavy (non-hydrogen) atoms. The highest BCUT2D eigenvalue weighted by Gasteiger charge is 2.26. The standard InChI is InChI=1S/C17H24N4S.ClH/c1-3-22-15-6-4-5-14(11-15)13-21-10-7-18-12-16(21)17-19-8-9-20(17)2;/h4-6,8-9,11,16,18H,3,7,10,12-13H2,1-2H3;1H. The van der Waals surface area contributed by atoms with Crippen molar-refractivity contribution in [1.29, 1.82) is 0 Å². The summed E-state index contributed by atoms with van der Waals surface area (Å²) < 4.78 is 2.13. The summed E-state index contributed by atoms with van der Waals surface area (Å²) in [6.45, 7) is 6.25. The van der Waals surface area contributed by atoms with Crippen LogP contribution in [0.15, 0.2) is 41.6 Å². The second-order valence-electron chi connectivity index (χ2n) is 5.67. The van der Waals surface area contributed by atoms with Gasteiger partial charge in [0, 0.05) is 50.5 Å². The summed E-state index contributed by atoms with van der Waals surface area (Å²) in [5.74, 6) is 2.26. The summed E-state index contributed by atoms with van der Waals surface area (Å²) in [6, 6.07) is 9.27. The molecule has 4 nitrogen and oxygen atoms in total. The van der Waals surface area contributed by atoms with Crippen LogP contribution in [0, 0.1) is 0 Å². The van der Waals surface area contributed by atoms with Crippen molar-refractivity contribution in [2.45, 2.75) is 24.4 Å². The maximum Gasteiger partial charge on any atom is 0.127 e. The summed E-state index contributed by atoms with van der Waals surface area (Å²) in [7, 11) is 2.08. The molecule has 0 saturated carbocycles. The third-order valence-electron chi connectivity index (χ3n) is 4.11. The maximum atomic E-state index is 4.56. The van der Waals surface area contributed by atoms with Crippen LogP contribution in [0.5, 0.6) is 0 Å². The van der Waals surface area contributed by atoms with Crippen LogP contribution in [0.4, 0.5) is 0 Å². The number of aromatic nitrogens is 2. The molecule has 2 aromatic rings. The fraction of sp³-hybridized carbons (Fsp3) is 0.471. The zero-order valence-electron chi connectivity index (χ0n) is 13.7. The highest BCUT2D eigenvalue weighted by Crippen LogP contribution is 2.24. The zero-order valence-corrected chi connectivity index (χ0v) is 15.4. The average molecular weight is 353 g/mol. The summed E-state index contributed by atoms with van der Waals surface area (Å²) in [5, 5.41) is 3.50. The maximum absolute atomic E-state index is 4.56. The molecule has 1 aliphatic heterocycles. The topological polar surface area (TPSA) is 33.1 Å². The molecule has 126 valence electrons. The first-order valence-electron chi connectivity index (χ1n) is 7.91. The average Bonchev–Trinajstić information content (AvgIpc) is 2.95. The van der Waals surface area contributed by atoms with Crippen LogP contribution in [-0.2, 0) is 13.6 Å². The number of halogens is 1. The van der Waals surface area contributed by atoms with E-state index in [-0.39, 0.29) is 12.4 Å². The summed E-state index contributed by atoms with van der Waals surface area (Å²) in [6.07, 6.45) is 3.92. The van der Waals surface area contributed by atoms with Crippen molar-refractivity contribution < 1.29 is 0 Å². The molecule has 0 radical (unpaired) electrons. The van der Waals surface area contributed by atoms with Crippen molar-refractivity contribution in [3.05, 3.63) is 48.0 Å². The Labute approximate surface area is 149 Å². The molecule has 6 heteroatoms. The minimum atomic E-state index is 0. The van der Waals surface area contributed by atoms with Gasteiger partial charge in [-0.25, -0.2) is 4.98 Å². The van der Waals surface area contributed by atoms with Crippen molar-refractivity contribution in [3.63, 3.8) is 0 Å². The summed E-state index contributed by atoms with van der Waals surface area (Å²) in [5.41, 5.74) is 1.39. The van der Waals surface area contributed by atoms with Crippen LogP contribution in [0.2, 0.25) is 0 Å². The van der Waals surface area contributed by atoms with E-state index in [1.54, 1.807) is 0 Å². The lowest BCUT2D eigenvalue weighted by Crippen LogP contribution is -2.46. The van der Waals surface area contributed by atoms with Crippen LogP contribution in [-0.4, -0.2) is 39.8 Å². The highest BCUT2D eigenvalue weighted by molar-refractivity contribution is 7.99. The van der Waals surface area contributed by atoms with Gasteiger partial charge in [-0.1, -0.05) is 19.1 Å². The molecule has 1 unspecified atom stereocenters. The first kappa shape index (κ1) is 18.3. The third-order valence-corrected chi connectivity index (χ3v) is 4.98. The number of aryl methyl sites for hydroxylation is 1. The van der Waals surface area contributed by atoms with Gasteiger partial charge in [0.2, 0.25) is 0 Å². The summed E-state index contributed by atoms with van der Waals surface area (Å²) in [4.78, 5) is 8.46. The Morgan fingerprint density at radius 3 is 3.00 bits per heavy atom. The number of thioether (sulfide) groups is 1.